The summed E-state index contributed by atoms with van der Waals surface area (Å²) in [6.45, 7) is 4.60. The van der Waals surface area contributed by atoms with Gasteiger partial charge in [0, 0.05) is 12.7 Å². The number of carbonyl (C=O) groups is 1. The number of halogens is 1. The molecule has 2 rings (SSSR count). The van der Waals surface area contributed by atoms with Crippen molar-refractivity contribution in [1.29, 1.82) is 0 Å². The molecule has 7 heteroatoms. The minimum Gasteiger partial charge on any atom is -0.358 e. The summed E-state index contributed by atoms with van der Waals surface area (Å²) in [5.41, 5.74) is 0. The first-order chi connectivity index (χ1) is 7.72. The van der Waals surface area contributed by atoms with E-state index in [2.05, 4.69) is 0 Å². The Morgan fingerprint density at radius 2 is 2.12 bits per heavy atom. The van der Waals surface area contributed by atoms with Crippen molar-refractivity contribution in [1.82, 2.24) is 0 Å². The Labute approximate surface area is 103 Å². The van der Waals surface area contributed by atoms with Crippen LogP contribution in [0.5, 0.6) is 0 Å². The maximum absolute atomic E-state index is 14.1. The fourth-order valence-corrected chi connectivity index (χ4v) is 2.59. The van der Waals surface area contributed by atoms with Gasteiger partial charge in [-0.05, 0) is 13.8 Å². The molecule has 2 fully saturated rings. The summed E-state index contributed by atoms with van der Waals surface area (Å²) in [5.74, 6) is -3.59. The fraction of sp³-hybridized carbons (Fsp3) is 0.900. The second-order valence-corrected chi connectivity index (χ2v) is 5.78. The SMILES string of the molecule is CC(=O)SC[C@H]1OC2OC(C)(C)O[C@@H]2[C@]1(O)F. The van der Waals surface area contributed by atoms with Crippen molar-refractivity contribution < 1.29 is 28.5 Å². The van der Waals surface area contributed by atoms with Crippen LogP contribution in [-0.4, -0.2) is 46.1 Å². The molecule has 1 N–H and O–H groups in total. The minimum absolute atomic E-state index is 0.0302. The predicted octanol–water partition coefficient (Wildman–Crippen LogP) is 0.801. The second kappa shape index (κ2) is 4.17. The summed E-state index contributed by atoms with van der Waals surface area (Å²) >= 11 is 0.894. The van der Waals surface area contributed by atoms with Gasteiger partial charge in [0.1, 0.15) is 6.10 Å². The molecule has 98 valence electrons. The van der Waals surface area contributed by atoms with Crippen molar-refractivity contribution >= 4 is 16.9 Å². The van der Waals surface area contributed by atoms with Crippen molar-refractivity contribution in [2.45, 2.75) is 50.9 Å². The van der Waals surface area contributed by atoms with E-state index < -0.39 is 30.1 Å². The van der Waals surface area contributed by atoms with Crippen LogP contribution >= 0.6 is 11.8 Å². The summed E-state index contributed by atoms with van der Waals surface area (Å²) in [6.07, 6.45) is -3.23. The molecule has 1 unspecified atom stereocenters. The number of aliphatic hydroxyl groups is 1. The van der Waals surface area contributed by atoms with Gasteiger partial charge in [0.2, 0.25) is 0 Å². The summed E-state index contributed by atoms with van der Waals surface area (Å²) in [7, 11) is 0. The summed E-state index contributed by atoms with van der Waals surface area (Å²) in [5, 5.41) is 9.58. The van der Waals surface area contributed by atoms with Crippen LogP contribution in [0, 0.1) is 0 Å². The average molecular weight is 266 g/mol. The molecule has 0 spiro atoms. The predicted molar refractivity (Wildman–Crippen MR) is 57.9 cm³/mol. The van der Waals surface area contributed by atoms with Crippen LogP contribution in [0.1, 0.15) is 20.8 Å². The van der Waals surface area contributed by atoms with Crippen LogP contribution in [0.3, 0.4) is 0 Å². The van der Waals surface area contributed by atoms with Crippen LogP contribution in [0.15, 0.2) is 0 Å². The highest BCUT2D eigenvalue weighted by molar-refractivity contribution is 8.13. The zero-order chi connectivity index (χ0) is 12.8. The van der Waals surface area contributed by atoms with Crippen LogP contribution in [0.2, 0.25) is 0 Å². The third-order valence-electron chi connectivity index (χ3n) is 2.64. The Morgan fingerprint density at radius 3 is 2.65 bits per heavy atom. The molecule has 0 bridgehead atoms. The first-order valence-electron chi connectivity index (χ1n) is 5.28. The Hall–Kier alpha value is -0.210. The van der Waals surface area contributed by atoms with E-state index in [1.807, 2.05) is 0 Å². The number of alkyl halides is 1. The number of thioether (sulfide) groups is 1. The molecule has 0 aliphatic carbocycles. The highest BCUT2D eigenvalue weighted by Crippen LogP contribution is 2.44. The van der Waals surface area contributed by atoms with E-state index in [-0.39, 0.29) is 10.9 Å². The third-order valence-corrected chi connectivity index (χ3v) is 3.52. The smallest absolute Gasteiger partial charge is 0.265 e. The van der Waals surface area contributed by atoms with Gasteiger partial charge >= 0.3 is 0 Å². The van der Waals surface area contributed by atoms with E-state index in [1.54, 1.807) is 13.8 Å². The van der Waals surface area contributed by atoms with Crippen molar-refractivity contribution in [2.24, 2.45) is 0 Å². The molecule has 0 amide bonds. The number of carbonyl (C=O) groups excluding carboxylic acids is 1. The number of hydrogen-bond acceptors (Lipinski definition) is 6. The molecule has 4 atom stereocenters. The zero-order valence-corrected chi connectivity index (χ0v) is 10.6. The van der Waals surface area contributed by atoms with Gasteiger partial charge in [-0.25, -0.2) is 4.39 Å². The monoisotopic (exact) mass is 266 g/mol. The highest BCUT2D eigenvalue weighted by Gasteiger charge is 2.64. The van der Waals surface area contributed by atoms with Crippen LogP contribution in [0.4, 0.5) is 4.39 Å². The Balaban J connectivity index is 2.04. The first-order valence-corrected chi connectivity index (χ1v) is 6.27. The molecule has 2 saturated heterocycles. The summed E-state index contributed by atoms with van der Waals surface area (Å²) in [4.78, 5) is 10.8. The van der Waals surface area contributed by atoms with Crippen LogP contribution in [0.25, 0.3) is 0 Å². The molecule has 0 aromatic heterocycles. The standard InChI is InChI=1S/C10H15FO5S/c1-5(12)17-4-6-10(11,13)7-8(14-6)16-9(2,3)15-7/h6-8,13H,4H2,1-3H3/t6-,7+,8?,10+/m1/s1. The lowest BCUT2D eigenvalue weighted by molar-refractivity contribution is -0.251. The number of ether oxygens (including phenoxy) is 3. The van der Waals surface area contributed by atoms with E-state index in [4.69, 9.17) is 14.2 Å². The second-order valence-electron chi connectivity index (χ2n) is 4.58. The molecular formula is C10H15FO5S. The first kappa shape index (κ1) is 13.2. The fourth-order valence-electron chi connectivity index (χ4n) is 1.89. The molecule has 0 radical (unpaired) electrons. The van der Waals surface area contributed by atoms with E-state index in [1.165, 1.54) is 6.92 Å². The Bertz CT molecular complexity index is 333. The minimum atomic E-state index is -2.64. The lowest BCUT2D eigenvalue weighted by Crippen LogP contribution is -2.46. The molecule has 5 nitrogen and oxygen atoms in total. The Morgan fingerprint density at radius 1 is 1.47 bits per heavy atom. The lowest BCUT2D eigenvalue weighted by atomic mass is 10.1. The van der Waals surface area contributed by atoms with Gasteiger partial charge < -0.3 is 19.3 Å². The van der Waals surface area contributed by atoms with Crippen molar-refractivity contribution in [3.05, 3.63) is 0 Å². The van der Waals surface area contributed by atoms with Gasteiger partial charge in [0.15, 0.2) is 23.3 Å². The Kier molecular flexibility index (Phi) is 3.24. The molecule has 2 heterocycles. The highest BCUT2D eigenvalue weighted by atomic mass is 32.2. The summed E-state index contributed by atoms with van der Waals surface area (Å²) < 4.78 is 29.9. The van der Waals surface area contributed by atoms with Crippen molar-refractivity contribution in [2.75, 3.05) is 5.75 Å². The molecular weight excluding hydrogens is 251 g/mol. The number of hydrogen-bond donors (Lipinski definition) is 1. The van der Waals surface area contributed by atoms with Crippen LogP contribution < -0.4 is 0 Å². The number of fused-ring (bicyclic) bond motifs is 1. The van der Waals surface area contributed by atoms with Gasteiger partial charge in [-0.1, -0.05) is 11.8 Å². The van der Waals surface area contributed by atoms with Gasteiger partial charge in [0.25, 0.3) is 5.85 Å². The summed E-state index contributed by atoms with van der Waals surface area (Å²) in [6, 6.07) is 0. The number of rotatable bonds is 2. The molecule has 0 saturated carbocycles. The zero-order valence-electron chi connectivity index (χ0n) is 9.81. The molecule has 2 aliphatic heterocycles. The van der Waals surface area contributed by atoms with Gasteiger partial charge in [-0.2, -0.15) is 0 Å². The maximum atomic E-state index is 14.1. The van der Waals surface area contributed by atoms with Crippen molar-refractivity contribution in [3.63, 3.8) is 0 Å². The third kappa shape index (κ3) is 2.48. The lowest BCUT2D eigenvalue weighted by Gasteiger charge is -2.26. The largest absolute Gasteiger partial charge is 0.358 e. The molecule has 17 heavy (non-hydrogen) atoms. The topological polar surface area (TPSA) is 65.0 Å². The molecule has 0 aromatic rings. The van der Waals surface area contributed by atoms with E-state index in [9.17, 15) is 14.3 Å². The van der Waals surface area contributed by atoms with Crippen LogP contribution in [-0.2, 0) is 19.0 Å². The van der Waals surface area contributed by atoms with E-state index in [0.717, 1.165) is 11.8 Å². The molecule has 0 aromatic carbocycles. The molecule has 2 aliphatic rings. The van der Waals surface area contributed by atoms with Gasteiger partial charge in [-0.3, -0.25) is 4.79 Å². The maximum Gasteiger partial charge on any atom is 0.265 e. The van der Waals surface area contributed by atoms with Gasteiger partial charge in [-0.15, -0.1) is 0 Å². The average Bonchev–Trinajstić information content (AvgIpc) is 2.57. The van der Waals surface area contributed by atoms with Gasteiger partial charge in [0.05, 0.1) is 0 Å². The van der Waals surface area contributed by atoms with Crippen molar-refractivity contribution in [3.8, 4) is 0 Å². The van der Waals surface area contributed by atoms with E-state index >= 15 is 0 Å². The quantitative estimate of drug-likeness (QED) is 0.797. The normalized spacial score (nSPS) is 43.7. The van der Waals surface area contributed by atoms with E-state index in [0.29, 0.717) is 0 Å².